The third-order valence-corrected chi connectivity index (χ3v) is 4.11. The maximum atomic E-state index is 13.6. The van der Waals surface area contributed by atoms with Crippen LogP contribution in [0.5, 0.6) is 0 Å². The summed E-state index contributed by atoms with van der Waals surface area (Å²) < 4.78 is 27.3. The summed E-state index contributed by atoms with van der Waals surface area (Å²) in [5.74, 6) is -1.49. The lowest BCUT2D eigenvalue weighted by molar-refractivity contribution is 0.0954. The highest BCUT2D eigenvalue weighted by Crippen LogP contribution is 2.22. The van der Waals surface area contributed by atoms with Gasteiger partial charge in [0, 0.05) is 17.8 Å². The zero-order valence-corrected chi connectivity index (χ0v) is 14.9. The van der Waals surface area contributed by atoms with Crippen LogP contribution in [0.4, 0.5) is 20.3 Å². The van der Waals surface area contributed by atoms with Crippen molar-refractivity contribution in [3.05, 3.63) is 88.6 Å². The normalized spacial score (nSPS) is 10.5. The van der Waals surface area contributed by atoms with Crippen LogP contribution < -0.4 is 10.6 Å². The van der Waals surface area contributed by atoms with Crippen LogP contribution in [0.25, 0.3) is 0 Å². The van der Waals surface area contributed by atoms with Crippen molar-refractivity contribution in [3.8, 4) is 0 Å². The number of amides is 1. The molecule has 2 aromatic carbocycles. The lowest BCUT2D eigenvalue weighted by Gasteiger charge is -2.09. The summed E-state index contributed by atoms with van der Waals surface area (Å²) in [7, 11) is 0. The maximum absolute atomic E-state index is 13.6. The van der Waals surface area contributed by atoms with Gasteiger partial charge in [-0.3, -0.25) is 4.79 Å². The average Bonchev–Trinajstić information content (AvgIpc) is 2.67. The largest absolute Gasteiger partial charge is 0.352 e. The molecule has 27 heavy (non-hydrogen) atoms. The van der Waals surface area contributed by atoms with E-state index in [1.54, 1.807) is 12.1 Å². The molecule has 3 aromatic rings. The molecule has 0 aliphatic heterocycles. The van der Waals surface area contributed by atoms with Crippen LogP contribution in [0, 0.1) is 11.6 Å². The molecule has 0 atom stereocenters. The van der Waals surface area contributed by atoms with Crippen molar-refractivity contribution in [1.82, 2.24) is 10.3 Å². The average molecular weight is 388 g/mol. The molecule has 0 fully saturated rings. The fourth-order valence-electron chi connectivity index (χ4n) is 2.42. The van der Waals surface area contributed by atoms with Crippen molar-refractivity contribution in [2.45, 2.75) is 6.42 Å². The van der Waals surface area contributed by atoms with Gasteiger partial charge >= 0.3 is 0 Å². The zero-order valence-electron chi connectivity index (χ0n) is 14.2. The Balaban J connectivity index is 1.56. The number of para-hydroxylation sites is 1. The van der Waals surface area contributed by atoms with Crippen molar-refractivity contribution in [3.63, 3.8) is 0 Å². The van der Waals surface area contributed by atoms with Gasteiger partial charge in [-0.1, -0.05) is 29.8 Å². The third kappa shape index (κ3) is 5.01. The van der Waals surface area contributed by atoms with E-state index in [2.05, 4.69) is 15.6 Å². The summed E-state index contributed by atoms with van der Waals surface area (Å²) in [4.78, 5) is 16.2. The summed E-state index contributed by atoms with van der Waals surface area (Å²) in [5.41, 5.74) is 1.13. The monoisotopic (exact) mass is 387 g/mol. The van der Waals surface area contributed by atoms with Crippen LogP contribution in [0.3, 0.4) is 0 Å². The second-order valence-electron chi connectivity index (χ2n) is 5.79. The molecule has 0 saturated carbocycles. The van der Waals surface area contributed by atoms with Crippen LogP contribution >= 0.6 is 11.6 Å². The first-order chi connectivity index (χ1) is 13.0. The molecule has 0 aliphatic rings. The highest BCUT2D eigenvalue weighted by molar-refractivity contribution is 6.30. The molecule has 0 bridgehead atoms. The number of hydrogen-bond donors (Lipinski definition) is 2. The smallest absolute Gasteiger partial charge is 0.252 e. The molecule has 0 aliphatic carbocycles. The van der Waals surface area contributed by atoms with Crippen molar-refractivity contribution >= 4 is 29.0 Å². The van der Waals surface area contributed by atoms with Gasteiger partial charge in [0.25, 0.3) is 5.91 Å². The summed E-state index contributed by atoms with van der Waals surface area (Å²) in [6, 6.07) is 14.0. The number of hydrogen-bond acceptors (Lipinski definition) is 3. The maximum Gasteiger partial charge on any atom is 0.252 e. The minimum absolute atomic E-state index is 0.233. The van der Waals surface area contributed by atoms with Crippen LogP contribution in [-0.4, -0.2) is 17.4 Å². The molecule has 3 rings (SSSR count). The van der Waals surface area contributed by atoms with E-state index >= 15 is 0 Å². The number of anilines is 2. The van der Waals surface area contributed by atoms with Crippen molar-refractivity contribution in [2.24, 2.45) is 0 Å². The predicted molar refractivity (Wildman–Crippen MR) is 101 cm³/mol. The Labute approximate surface area is 160 Å². The van der Waals surface area contributed by atoms with Gasteiger partial charge in [0.1, 0.15) is 23.1 Å². The number of nitrogens with zero attached hydrogens (tertiary/aromatic N) is 1. The van der Waals surface area contributed by atoms with Gasteiger partial charge in [0.05, 0.1) is 5.56 Å². The molecule has 2 N–H and O–H groups in total. The molecule has 0 saturated heterocycles. The molecule has 1 amide bonds. The van der Waals surface area contributed by atoms with E-state index in [1.807, 2.05) is 12.1 Å². The number of nitrogens with one attached hydrogen (secondary N) is 2. The van der Waals surface area contributed by atoms with Crippen molar-refractivity contribution < 1.29 is 13.6 Å². The first kappa shape index (κ1) is 18.8. The Bertz CT molecular complexity index is 911. The number of carbonyl (C=O) groups excluding carboxylic acids is 1. The van der Waals surface area contributed by atoms with Crippen molar-refractivity contribution in [1.29, 1.82) is 0 Å². The summed E-state index contributed by atoms with van der Waals surface area (Å²) in [6.07, 6.45) is 2.02. The Kier molecular flexibility index (Phi) is 5.98. The van der Waals surface area contributed by atoms with Crippen LogP contribution in [0.2, 0.25) is 5.02 Å². The van der Waals surface area contributed by atoms with Gasteiger partial charge in [-0.25, -0.2) is 13.8 Å². The molecule has 0 spiro atoms. The highest BCUT2D eigenvalue weighted by Gasteiger charge is 2.10. The molecular weight excluding hydrogens is 372 g/mol. The van der Waals surface area contributed by atoms with Gasteiger partial charge in [-0.2, -0.15) is 0 Å². The van der Waals surface area contributed by atoms with Gasteiger partial charge in [-0.05, 0) is 48.4 Å². The molecule has 4 nitrogen and oxygen atoms in total. The zero-order chi connectivity index (χ0) is 19.2. The predicted octanol–water partition coefficient (Wildman–Crippen LogP) is 4.73. The SMILES string of the molecule is O=C(NCCc1ccc(Cl)cc1)c1ccc(Nc2c(F)cccc2F)nc1. The van der Waals surface area contributed by atoms with Gasteiger partial charge < -0.3 is 10.6 Å². The highest BCUT2D eigenvalue weighted by atomic mass is 35.5. The van der Waals surface area contributed by atoms with Crippen LogP contribution in [0.15, 0.2) is 60.8 Å². The second-order valence-corrected chi connectivity index (χ2v) is 6.22. The number of pyridine rings is 1. The number of rotatable bonds is 6. The topological polar surface area (TPSA) is 54.0 Å². The van der Waals surface area contributed by atoms with Gasteiger partial charge in [0.15, 0.2) is 0 Å². The van der Waals surface area contributed by atoms with E-state index in [4.69, 9.17) is 11.6 Å². The van der Waals surface area contributed by atoms with Crippen molar-refractivity contribution in [2.75, 3.05) is 11.9 Å². The molecule has 1 aromatic heterocycles. The Morgan fingerprint density at radius 3 is 2.33 bits per heavy atom. The number of halogens is 3. The second kappa shape index (κ2) is 8.60. The van der Waals surface area contributed by atoms with Crippen LogP contribution in [-0.2, 0) is 6.42 Å². The van der Waals surface area contributed by atoms with E-state index in [9.17, 15) is 13.6 Å². The van der Waals surface area contributed by atoms with E-state index in [1.165, 1.54) is 24.4 Å². The summed E-state index contributed by atoms with van der Waals surface area (Å²) >= 11 is 5.83. The number of benzene rings is 2. The third-order valence-electron chi connectivity index (χ3n) is 3.85. The minimum atomic E-state index is -0.721. The summed E-state index contributed by atoms with van der Waals surface area (Å²) in [5, 5.41) is 6.03. The molecule has 0 radical (unpaired) electrons. The van der Waals surface area contributed by atoms with Gasteiger partial charge in [-0.15, -0.1) is 0 Å². The fraction of sp³-hybridized carbons (Fsp3) is 0.100. The Hall–Kier alpha value is -2.99. The molecule has 138 valence electrons. The first-order valence-corrected chi connectivity index (χ1v) is 8.60. The van der Waals surface area contributed by atoms with E-state index in [0.29, 0.717) is 23.6 Å². The first-order valence-electron chi connectivity index (χ1n) is 8.22. The number of carbonyl (C=O) groups is 1. The standard InChI is InChI=1S/C20H16ClF2N3O/c21-15-7-4-13(5-8-15)10-11-24-20(27)14-6-9-18(25-12-14)26-19-16(22)2-1-3-17(19)23/h1-9,12H,10-11H2,(H,24,27)(H,25,26). The molecule has 1 heterocycles. The minimum Gasteiger partial charge on any atom is -0.352 e. The fourth-order valence-corrected chi connectivity index (χ4v) is 2.55. The lowest BCUT2D eigenvalue weighted by atomic mass is 10.1. The molecule has 0 unspecified atom stereocenters. The molecular formula is C20H16ClF2N3O. The van der Waals surface area contributed by atoms with Gasteiger partial charge in [0.2, 0.25) is 0 Å². The van der Waals surface area contributed by atoms with E-state index in [-0.39, 0.29) is 17.4 Å². The summed E-state index contributed by atoms with van der Waals surface area (Å²) in [6.45, 7) is 0.459. The van der Waals surface area contributed by atoms with Crippen LogP contribution in [0.1, 0.15) is 15.9 Å². The van der Waals surface area contributed by atoms with E-state index < -0.39 is 11.6 Å². The molecule has 7 heteroatoms. The Morgan fingerprint density at radius 1 is 1.00 bits per heavy atom. The lowest BCUT2D eigenvalue weighted by Crippen LogP contribution is -2.25. The quantitative estimate of drug-likeness (QED) is 0.643. The Morgan fingerprint density at radius 2 is 1.70 bits per heavy atom. The number of aromatic nitrogens is 1. The van der Waals surface area contributed by atoms with E-state index in [0.717, 1.165) is 17.7 Å².